The summed E-state index contributed by atoms with van der Waals surface area (Å²) in [5.74, 6) is -1.90. The predicted molar refractivity (Wildman–Crippen MR) is 183 cm³/mol. The molecule has 14 nitrogen and oxygen atoms in total. The Kier molecular flexibility index (Phi) is 20.4. The van der Waals surface area contributed by atoms with Crippen molar-refractivity contribution in [3.63, 3.8) is 0 Å². The largest absolute Gasteiger partial charge is 0.459 e. The monoisotopic (exact) mass is 703 g/mol. The van der Waals surface area contributed by atoms with E-state index in [0.29, 0.717) is 6.54 Å². The molecule has 0 amide bonds. The van der Waals surface area contributed by atoms with Crippen LogP contribution < -0.4 is 0 Å². The van der Waals surface area contributed by atoms with Crippen LogP contribution in [0.1, 0.15) is 104 Å². The van der Waals surface area contributed by atoms with Crippen LogP contribution in [0.3, 0.4) is 0 Å². The van der Waals surface area contributed by atoms with Gasteiger partial charge in [0, 0.05) is 32.2 Å². The summed E-state index contributed by atoms with van der Waals surface area (Å²) >= 11 is 0. The number of carbonyl (C=O) groups is 4. The van der Waals surface area contributed by atoms with Crippen molar-refractivity contribution < 1.29 is 52.8 Å². The van der Waals surface area contributed by atoms with Crippen molar-refractivity contribution in [2.75, 3.05) is 59.0 Å². The van der Waals surface area contributed by atoms with Gasteiger partial charge < -0.3 is 24.1 Å². The lowest BCUT2D eigenvalue weighted by Gasteiger charge is -2.38. The third-order valence-electron chi connectivity index (χ3n) is 5.68. The van der Waals surface area contributed by atoms with Gasteiger partial charge in [-0.3, -0.25) is 33.9 Å². The van der Waals surface area contributed by atoms with Gasteiger partial charge in [0.1, 0.15) is 22.4 Å². The normalized spacial score (nSPS) is 13.3. The van der Waals surface area contributed by atoms with E-state index in [1.807, 2.05) is 25.7 Å². The minimum atomic E-state index is -0.715. The molecule has 0 rings (SSSR count). The molecule has 0 spiro atoms. The van der Waals surface area contributed by atoms with Crippen LogP contribution in [0.4, 0.5) is 0 Å². The number of hydrogen-bond donors (Lipinski definition) is 1. The van der Waals surface area contributed by atoms with Crippen molar-refractivity contribution in [2.45, 2.75) is 132 Å². The molecule has 0 aromatic heterocycles. The molecular formula is C35H65N3O11. The van der Waals surface area contributed by atoms with Crippen LogP contribution in [0, 0.1) is 5.41 Å². The number of hydrogen-bond acceptors (Lipinski definition) is 14. The zero-order chi connectivity index (χ0) is 39.0. The maximum Gasteiger partial charge on any atom is 0.373 e. The first-order valence-electron chi connectivity index (χ1n) is 16.5. The van der Waals surface area contributed by atoms with Crippen LogP contribution in [0.15, 0.2) is 0 Å². The van der Waals surface area contributed by atoms with E-state index in [0.717, 1.165) is 0 Å². The minimum absolute atomic E-state index is 0.0521. The highest BCUT2D eigenvalue weighted by molar-refractivity contribution is 5.75. The standard InChI is InChI=1S/C34H65N3O9.CO2/c1-30(2,3)24-37(22-29(42)46-34(13,14)15)25(23-38)18-35(19-26(39)43-31(4,5)6)16-17-36(20-27(40)44-32(7,8)9)21-28(41)45-33(10,11)12;2-1-3/h25,38H,16-24H2,1-15H3;/t25-;/m1./s1. The van der Waals surface area contributed by atoms with E-state index in [1.165, 1.54) is 0 Å². The average Bonchev–Trinajstić information content (AvgIpc) is 2.79. The maximum absolute atomic E-state index is 13.0. The Labute approximate surface area is 294 Å². The van der Waals surface area contributed by atoms with Gasteiger partial charge in [-0.25, -0.2) is 0 Å². The summed E-state index contributed by atoms with van der Waals surface area (Å²) in [5.41, 5.74) is -3.03. The molecule has 0 aliphatic carbocycles. The molecule has 0 aliphatic heterocycles. The fourth-order valence-corrected chi connectivity index (χ4v) is 4.45. The number of rotatable bonds is 16. The first-order valence-corrected chi connectivity index (χ1v) is 16.5. The van der Waals surface area contributed by atoms with Crippen molar-refractivity contribution in [3.8, 4) is 0 Å². The molecule has 0 unspecified atom stereocenters. The highest BCUT2D eigenvalue weighted by atomic mass is 16.6. The molecule has 0 fully saturated rings. The van der Waals surface area contributed by atoms with E-state index in [1.54, 1.807) is 92.9 Å². The molecule has 0 aliphatic rings. The third-order valence-corrected chi connectivity index (χ3v) is 5.68. The lowest BCUT2D eigenvalue weighted by Crippen LogP contribution is -2.53. The molecule has 0 saturated heterocycles. The van der Waals surface area contributed by atoms with E-state index in [-0.39, 0.29) is 64.0 Å². The van der Waals surface area contributed by atoms with Gasteiger partial charge in [0.2, 0.25) is 0 Å². The molecule has 1 N–H and O–H groups in total. The summed E-state index contributed by atoms with van der Waals surface area (Å²) in [6, 6.07) is -0.542. The van der Waals surface area contributed by atoms with Crippen molar-refractivity contribution in [2.24, 2.45) is 5.41 Å². The van der Waals surface area contributed by atoms with Gasteiger partial charge in [-0.1, -0.05) is 20.8 Å². The second kappa shape index (κ2) is 20.7. The molecule has 49 heavy (non-hydrogen) atoms. The molecule has 286 valence electrons. The molecule has 0 radical (unpaired) electrons. The quantitative estimate of drug-likeness (QED) is 0.184. The number of nitrogens with zero attached hydrogens (tertiary/aromatic N) is 3. The van der Waals surface area contributed by atoms with E-state index >= 15 is 0 Å². The van der Waals surface area contributed by atoms with Gasteiger partial charge in [0.15, 0.2) is 0 Å². The summed E-state index contributed by atoms with van der Waals surface area (Å²) < 4.78 is 22.2. The summed E-state index contributed by atoms with van der Waals surface area (Å²) in [5, 5.41) is 10.6. The Hall–Kier alpha value is -2.90. The fraction of sp³-hybridized carbons (Fsp3) is 0.857. The predicted octanol–water partition coefficient (Wildman–Crippen LogP) is 3.08. The molecule has 14 heteroatoms. The second-order valence-electron chi connectivity index (χ2n) is 17.2. The zero-order valence-corrected chi connectivity index (χ0v) is 32.8. The number of aliphatic hydroxyl groups is 1. The molecule has 0 aromatic carbocycles. The van der Waals surface area contributed by atoms with E-state index in [4.69, 9.17) is 28.5 Å². The third kappa shape index (κ3) is 29.7. The molecule has 0 saturated carbocycles. The lowest BCUT2D eigenvalue weighted by molar-refractivity contribution is -0.192. The van der Waals surface area contributed by atoms with Gasteiger partial charge >= 0.3 is 30.0 Å². The first kappa shape index (κ1) is 48.2. The highest BCUT2D eigenvalue weighted by Gasteiger charge is 2.31. The summed E-state index contributed by atoms with van der Waals surface area (Å²) in [7, 11) is 0. The number of aliphatic hydroxyl groups excluding tert-OH is 1. The number of ether oxygens (including phenoxy) is 4. The fourth-order valence-electron chi connectivity index (χ4n) is 4.45. The Morgan fingerprint density at radius 2 is 0.837 bits per heavy atom. The van der Waals surface area contributed by atoms with Crippen LogP contribution in [0.5, 0.6) is 0 Å². The number of carbonyl (C=O) groups excluding carboxylic acids is 6. The van der Waals surface area contributed by atoms with E-state index in [2.05, 4.69) is 0 Å². The van der Waals surface area contributed by atoms with Gasteiger partial charge in [0.05, 0.1) is 32.8 Å². The van der Waals surface area contributed by atoms with Crippen LogP contribution in [-0.2, 0) is 47.7 Å². The summed E-state index contributed by atoms with van der Waals surface area (Å²) in [6.45, 7) is 27.7. The lowest BCUT2D eigenvalue weighted by atomic mass is 9.95. The van der Waals surface area contributed by atoms with Crippen LogP contribution >= 0.6 is 0 Å². The van der Waals surface area contributed by atoms with Gasteiger partial charge in [-0.05, 0) is 88.5 Å². The number of esters is 4. The average molecular weight is 704 g/mol. The van der Waals surface area contributed by atoms with Crippen LogP contribution in [0.25, 0.3) is 0 Å². The van der Waals surface area contributed by atoms with Crippen LogP contribution in [0.2, 0.25) is 0 Å². The molecule has 1 atom stereocenters. The van der Waals surface area contributed by atoms with Crippen molar-refractivity contribution >= 4 is 30.0 Å². The molecule has 0 bridgehead atoms. The Morgan fingerprint density at radius 3 is 1.12 bits per heavy atom. The Balaban J connectivity index is 0. The van der Waals surface area contributed by atoms with Crippen LogP contribution in [-0.4, -0.2) is 137 Å². The van der Waals surface area contributed by atoms with E-state index in [9.17, 15) is 24.3 Å². The van der Waals surface area contributed by atoms with Crippen molar-refractivity contribution in [3.05, 3.63) is 0 Å². The minimum Gasteiger partial charge on any atom is -0.459 e. The maximum atomic E-state index is 13.0. The van der Waals surface area contributed by atoms with Crippen molar-refractivity contribution in [1.29, 1.82) is 0 Å². The SMILES string of the molecule is CC(C)(C)CN(CC(=O)OC(C)(C)C)[C@@H](CO)CN(CCN(CC(=O)OC(C)(C)C)CC(=O)OC(C)(C)C)CC(=O)OC(C)(C)C.O=C=O. The highest BCUT2D eigenvalue weighted by Crippen LogP contribution is 2.19. The summed E-state index contributed by atoms with van der Waals surface area (Å²) in [4.78, 5) is 73.0. The molecular weight excluding hydrogens is 638 g/mol. The topological polar surface area (TPSA) is 169 Å². The van der Waals surface area contributed by atoms with Gasteiger partial charge in [0.25, 0.3) is 0 Å². The molecule has 0 heterocycles. The Morgan fingerprint density at radius 1 is 0.551 bits per heavy atom. The first-order chi connectivity index (χ1) is 21.9. The Bertz CT molecular complexity index is 1040. The van der Waals surface area contributed by atoms with Gasteiger partial charge in [-0.15, -0.1) is 0 Å². The van der Waals surface area contributed by atoms with Crippen molar-refractivity contribution in [1.82, 2.24) is 14.7 Å². The molecule has 0 aromatic rings. The van der Waals surface area contributed by atoms with Gasteiger partial charge in [-0.2, -0.15) is 9.59 Å². The zero-order valence-electron chi connectivity index (χ0n) is 32.8. The second-order valence-corrected chi connectivity index (χ2v) is 17.2. The summed E-state index contributed by atoms with van der Waals surface area (Å²) in [6.07, 6.45) is 0.250. The smallest absolute Gasteiger partial charge is 0.373 e. The van der Waals surface area contributed by atoms with E-state index < -0.39 is 52.3 Å².